The molecule has 0 bridgehead atoms. The monoisotopic (exact) mass is 301 g/mol. The van der Waals surface area contributed by atoms with E-state index in [1.54, 1.807) is 5.56 Å². The van der Waals surface area contributed by atoms with Crippen molar-refractivity contribution in [2.45, 2.75) is 36.3 Å². The third-order valence-corrected chi connectivity index (χ3v) is 3.09. The second-order valence-electron chi connectivity index (χ2n) is 3.97. The molecule has 1 aromatic carbocycles. The first kappa shape index (κ1) is 10.4. The van der Waals surface area contributed by atoms with Gasteiger partial charge in [0.25, 0.3) is 0 Å². The summed E-state index contributed by atoms with van der Waals surface area (Å²) in [5, 5.41) is 3.47. The van der Waals surface area contributed by atoms with Crippen LogP contribution in [0.5, 0.6) is 0 Å². The SMILES string of the molecule is CC(I)NCc1ccccc1C1CC1. The van der Waals surface area contributed by atoms with Crippen LogP contribution in [0.2, 0.25) is 0 Å². The zero-order valence-corrected chi connectivity index (χ0v) is 10.6. The van der Waals surface area contributed by atoms with Crippen molar-refractivity contribution >= 4 is 22.6 Å². The predicted octanol–water partition coefficient (Wildman–Crippen LogP) is 3.43. The van der Waals surface area contributed by atoms with Gasteiger partial charge in [-0.05, 0) is 36.8 Å². The van der Waals surface area contributed by atoms with Crippen LogP contribution in [0.15, 0.2) is 24.3 Å². The third kappa shape index (κ3) is 2.70. The van der Waals surface area contributed by atoms with Crippen LogP contribution in [0, 0.1) is 0 Å². The van der Waals surface area contributed by atoms with Crippen molar-refractivity contribution in [3.8, 4) is 0 Å². The maximum atomic E-state index is 3.47. The molecule has 0 spiro atoms. The van der Waals surface area contributed by atoms with Crippen molar-refractivity contribution in [2.24, 2.45) is 0 Å². The van der Waals surface area contributed by atoms with Crippen LogP contribution in [0.4, 0.5) is 0 Å². The van der Waals surface area contributed by atoms with Crippen LogP contribution in [0.25, 0.3) is 0 Å². The van der Waals surface area contributed by atoms with Crippen LogP contribution < -0.4 is 5.32 Å². The zero-order valence-electron chi connectivity index (χ0n) is 8.46. The number of alkyl halides is 1. The van der Waals surface area contributed by atoms with Crippen LogP contribution >= 0.6 is 22.6 Å². The Kier molecular flexibility index (Phi) is 3.44. The molecule has 1 N–H and O–H groups in total. The first-order valence-electron chi connectivity index (χ1n) is 5.22. The standard InChI is InChI=1S/C12H16IN/c1-9(13)14-8-11-4-2-3-5-12(11)10-6-7-10/h2-5,9-10,14H,6-8H2,1H3. The van der Waals surface area contributed by atoms with Gasteiger partial charge in [0.15, 0.2) is 0 Å². The second-order valence-corrected chi connectivity index (χ2v) is 5.84. The molecule has 1 unspecified atom stereocenters. The average molecular weight is 301 g/mol. The summed E-state index contributed by atoms with van der Waals surface area (Å²) >= 11 is 2.40. The Morgan fingerprint density at radius 1 is 1.43 bits per heavy atom. The highest BCUT2D eigenvalue weighted by Gasteiger charge is 2.25. The fourth-order valence-electron chi connectivity index (χ4n) is 1.74. The largest absolute Gasteiger partial charge is 0.302 e. The average Bonchev–Trinajstić information content (AvgIpc) is 2.98. The van der Waals surface area contributed by atoms with Gasteiger partial charge < -0.3 is 5.32 Å². The highest BCUT2D eigenvalue weighted by Crippen LogP contribution is 2.41. The maximum Gasteiger partial charge on any atom is 0.0567 e. The number of rotatable bonds is 4. The summed E-state index contributed by atoms with van der Waals surface area (Å²) in [4.78, 5) is 0. The summed E-state index contributed by atoms with van der Waals surface area (Å²) in [6, 6.07) is 8.83. The molecule has 0 saturated heterocycles. The Bertz CT molecular complexity index is 305. The smallest absolute Gasteiger partial charge is 0.0567 e. The fraction of sp³-hybridized carbons (Fsp3) is 0.500. The third-order valence-electron chi connectivity index (χ3n) is 2.65. The topological polar surface area (TPSA) is 12.0 Å². The minimum absolute atomic E-state index is 0.542. The molecule has 0 amide bonds. The molecule has 1 aliphatic rings. The van der Waals surface area contributed by atoms with E-state index in [0.29, 0.717) is 4.05 Å². The van der Waals surface area contributed by atoms with Gasteiger partial charge in [-0.1, -0.05) is 46.9 Å². The summed E-state index contributed by atoms with van der Waals surface area (Å²) in [6.07, 6.45) is 2.77. The molecule has 0 aliphatic heterocycles. The molecule has 14 heavy (non-hydrogen) atoms. The van der Waals surface area contributed by atoms with Crippen molar-refractivity contribution in [2.75, 3.05) is 0 Å². The van der Waals surface area contributed by atoms with E-state index < -0.39 is 0 Å². The second kappa shape index (κ2) is 4.62. The highest BCUT2D eigenvalue weighted by atomic mass is 127. The van der Waals surface area contributed by atoms with Crippen molar-refractivity contribution in [3.05, 3.63) is 35.4 Å². The van der Waals surface area contributed by atoms with E-state index in [1.807, 2.05) is 0 Å². The Hall–Kier alpha value is -0.0900. The molecule has 2 heteroatoms. The maximum absolute atomic E-state index is 3.47. The molecular weight excluding hydrogens is 285 g/mol. The minimum atomic E-state index is 0.542. The van der Waals surface area contributed by atoms with Gasteiger partial charge in [0.2, 0.25) is 0 Å². The zero-order chi connectivity index (χ0) is 9.97. The molecule has 76 valence electrons. The summed E-state index contributed by atoms with van der Waals surface area (Å²) < 4.78 is 0.542. The quantitative estimate of drug-likeness (QED) is 0.510. The van der Waals surface area contributed by atoms with Crippen LogP contribution in [0.1, 0.15) is 36.8 Å². The molecule has 0 aromatic heterocycles. The van der Waals surface area contributed by atoms with Gasteiger partial charge in [0.1, 0.15) is 0 Å². The van der Waals surface area contributed by atoms with Crippen LogP contribution in [0.3, 0.4) is 0 Å². The lowest BCUT2D eigenvalue weighted by atomic mass is 10.0. The molecule has 1 atom stereocenters. The van der Waals surface area contributed by atoms with E-state index >= 15 is 0 Å². The van der Waals surface area contributed by atoms with Gasteiger partial charge in [0.05, 0.1) is 4.05 Å². The molecular formula is C12H16IN. The Balaban J connectivity index is 2.07. The van der Waals surface area contributed by atoms with Crippen LogP contribution in [-0.2, 0) is 6.54 Å². The predicted molar refractivity (Wildman–Crippen MR) is 68.7 cm³/mol. The molecule has 0 heterocycles. The van der Waals surface area contributed by atoms with Gasteiger partial charge in [-0.2, -0.15) is 0 Å². The minimum Gasteiger partial charge on any atom is -0.302 e. The molecule has 1 nitrogen and oxygen atoms in total. The van der Waals surface area contributed by atoms with Gasteiger partial charge in [-0.25, -0.2) is 0 Å². The van der Waals surface area contributed by atoms with Gasteiger partial charge in [-0.3, -0.25) is 0 Å². The molecule has 0 radical (unpaired) electrons. The summed E-state index contributed by atoms with van der Waals surface area (Å²) in [7, 11) is 0. The number of benzene rings is 1. The van der Waals surface area contributed by atoms with Gasteiger partial charge in [-0.15, -0.1) is 0 Å². The molecule has 1 aliphatic carbocycles. The van der Waals surface area contributed by atoms with E-state index in [0.717, 1.165) is 12.5 Å². The number of hydrogen-bond acceptors (Lipinski definition) is 1. The summed E-state index contributed by atoms with van der Waals surface area (Å²) in [5.41, 5.74) is 3.05. The number of halogens is 1. The van der Waals surface area contributed by atoms with Gasteiger partial charge >= 0.3 is 0 Å². The lowest BCUT2D eigenvalue weighted by Crippen LogP contribution is -2.19. The van der Waals surface area contributed by atoms with Crippen molar-refractivity contribution in [1.82, 2.24) is 5.32 Å². The summed E-state index contributed by atoms with van der Waals surface area (Å²) in [5.74, 6) is 0.859. The first-order chi connectivity index (χ1) is 6.77. The fourth-order valence-corrected chi connectivity index (χ4v) is 1.96. The lowest BCUT2D eigenvalue weighted by Gasteiger charge is -2.11. The van der Waals surface area contributed by atoms with E-state index in [4.69, 9.17) is 0 Å². The highest BCUT2D eigenvalue weighted by molar-refractivity contribution is 14.1. The molecule has 1 fully saturated rings. The molecule has 1 saturated carbocycles. The molecule has 2 rings (SSSR count). The lowest BCUT2D eigenvalue weighted by molar-refractivity contribution is 0.701. The normalized spacial score (nSPS) is 18.1. The number of hydrogen-bond donors (Lipinski definition) is 1. The number of nitrogens with one attached hydrogen (secondary N) is 1. The van der Waals surface area contributed by atoms with E-state index in [9.17, 15) is 0 Å². The summed E-state index contributed by atoms with van der Waals surface area (Å²) in [6.45, 7) is 3.19. The van der Waals surface area contributed by atoms with E-state index in [2.05, 4.69) is 59.1 Å². The van der Waals surface area contributed by atoms with Crippen LogP contribution in [-0.4, -0.2) is 4.05 Å². The molecule has 1 aromatic rings. The Morgan fingerprint density at radius 2 is 2.14 bits per heavy atom. The van der Waals surface area contributed by atoms with Crippen molar-refractivity contribution in [3.63, 3.8) is 0 Å². The Labute approximate surface area is 99.4 Å². The Morgan fingerprint density at radius 3 is 2.79 bits per heavy atom. The van der Waals surface area contributed by atoms with Gasteiger partial charge in [0, 0.05) is 6.54 Å². The van der Waals surface area contributed by atoms with E-state index in [1.165, 1.54) is 18.4 Å². The van der Waals surface area contributed by atoms with Crippen molar-refractivity contribution < 1.29 is 0 Å². The van der Waals surface area contributed by atoms with Crippen molar-refractivity contribution in [1.29, 1.82) is 0 Å². The first-order valence-corrected chi connectivity index (χ1v) is 6.47. The van der Waals surface area contributed by atoms with E-state index in [-0.39, 0.29) is 0 Å².